The van der Waals surface area contributed by atoms with E-state index >= 15 is 0 Å². The Morgan fingerprint density at radius 2 is 1.00 bits per heavy atom. The average molecular weight is 390 g/mol. The Hall–Kier alpha value is 0.340. The van der Waals surface area contributed by atoms with Crippen molar-refractivity contribution in [2.75, 3.05) is 5.88 Å². The monoisotopic (exact) mass is 388 g/mol. The fraction of sp³-hybridized carbons (Fsp3) is 0.944. The Morgan fingerprint density at radius 3 is 1.30 bits per heavy atom. The van der Waals surface area contributed by atoms with E-state index in [9.17, 15) is 4.79 Å². The van der Waals surface area contributed by atoms with Gasteiger partial charge in [-0.3, -0.25) is 4.79 Å². The first-order valence-electron chi connectivity index (χ1n) is 9.11. The summed E-state index contributed by atoms with van der Waals surface area (Å²) >= 11 is 11.3. The highest BCUT2D eigenvalue weighted by molar-refractivity contribution is 6.29. The summed E-state index contributed by atoms with van der Waals surface area (Å²) in [6, 6.07) is 0. The molecule has 0 aliphatic carbocycles. The number of hydrogen-bond donors (Lipinski definition) is 1. The second-order valence-electron chi connectivity index (χ2n) is 6.23. The molecule has 0 aromatic rings. The SMILES string of the molecule is Cl.O=C(O)C(Cl)CCCCCCCCCCCCCCCCCl. The van der Waals surface area contributed by atoms with E-state index in [1.165, 1.54) is 77.0 Å². The molecule has 1 N–H and O–H groups in total. The van der Waals surface area contributed by atoms with Crippen LogP contribution in [0.3, 0.4) is 0 Å². The van der Waals surface area contributed by atoms with Gasteiger partial charge in [0.2, 0.25) is 0 Å². The molecule has 5 heteroatoms. The van der Waals surface area contributed by atoms with Gasteiger partial charge in [-0.15, -0.1) is 35.6 Å². The highest BCUT2D eigenvalue weighted by Crippen LogP contribution is 2.14. The Balaban J connectivity index is 0. The van der Waals surface area contributed by atoms with Crippen LogP contribution in [0.15, 0.2) is 0 Å². The predicted molar refractivity (Wildman–Crippen MR) is 104 cm³/mol. The number of rotatable bonds is 17. The maximum atomic E-state index is 10.5. The third kappa shape index (κ3) is 20.3. The molecule has 0 spiro atoms. The standard InChI is InChI=1S/C18H34Cl2O2.ClH/c19-16-14-12-10-8-6-4-2-1-3-5-7-9-11-13-15-17(20)18(21)22;/h17H,1-16H2,(H,21,22);1H. The Bertz CT molecular complexity index is 250. The van der Waals surface area contributed by atoms with Gasteiger partial charge in [0.05, 0.1) is 0 Å². The highest BCUT2D eigenvalue weighted by Gasteiger charge is 2.11. The van der Waals surface area contributed by atoms with Crippen LogP contribution in [0.25, 0.3) is 0 Å². The number of carboxylic acid groups (broad SMARTS) is 1. The van der Waals surface area contributed by atoms with Crippen molar-refractivity contribution < 1.29 is 9.90 Å². The summed E-state index contributed by atoms with van der Waals surface area (Å²) in [5, 5.41) is 7.96. The first kappa shape index (κ1) is 25.6. The fourth-order valence-corrected chi connectivity index (χ4v) is 3.01. The minimum Gasteiger partial charge on any atom is -0.480 e. The van der Waals surface area contributed by atoms with Gasteiger partial charge in [0.25, 0.3) is 0 Å². The number of hydrogen-bond acceptors (Lipinski definition) is 1. The van der Waals surface area contributed by atoms with E-state index in [0.29, 0.717) is 6.42 Å². The Morgan fingerprint density at radius 1 is 0.696 bits per heavy atom. The summed E-state index contributed by atoms with van der Waals surface area (Å²) in [5.41, 5.74) is 0. The van der Waals surface area contributed by atoms with E-state index in [4.69, 9.17) is 28.3 Å². The molecule has 0 aliphatic rings. The molecular formula is C18H35Cl3O2. The summed E-state index contributed by atoms with van der Waals surface area (Å²) in [4.78, 5) is 10.5. The van der Waals surface area contributed by atoms with E-state index < -0.39 is 11.3 Å². The van der Waals surface area contributed by atoms with Crippen molar-refractivity contribution in [2.45, 2.75) is 102 Å². The van der Waals surface area contributed by atoms with Gasteiger partial charge in [-0.1, -0.05) is 83.5 Å². The molecule has 1 atom stereocenters. The smallest absolute Gasteiger partial charge is 0.321 e. The normalized spacial score (nSPS) is 11.9. The summed E-state index contributed by atoms with van der Waals surface area (Å²) in [6.07, 6.45) is 18.5. The van der Waals surface area contributed by atoms with E-state index in [-0.39, 0.29) is 12.4 Å². The van der Waals surface area contributed by atoms with Crippen LogP contribution in [0.1, 0.15) is 96.3 Å². The molecular weight excluding hydrogens is 355 g/mol. The quantitative estimate of drug-likeness (QED) is 0.211. The number of alkyl halides is 2. The number of carboxylic acids is 1. The second kappa shape index (κ2) is 20.4. The molecule has 140 valence electrons. The molecule has 0 bridgehead atoms. The molecule has 0 aliphatic heterocycles. The van der Waals surface area contributed by atoms with Crippen LogP contribution < -0.4 is 0 Å². The summed E-state index contributed by atoms with van der Waals surface area (Å²) in [6.45, 7) is 0. The second-order valence-corrected chi connectivity index (χ2v) is 7.14. The van der Waals surface area contributed by atoms with Gasteiger partial charge in [0, 0.05) is 5.88 Å². The van der Waals surface area contributed by atoms with Crippen molar-refractivity contribution in [3.63, 3.8) is 0 Å². The molecule has 23 heavy (non-hydrogen) atoms. The molecule has 0 fully saturated rings. The van der Waals surface area contributed by atoms with Crippen LogP contribution in [0.5, 0.6) is 0 Å². The Kier molecular flexibility index (Phi) is 22.7. The van der Waals surface area contributed by atoms with Crippen molar-refractivity contribution in [3.05, 3.63) is 0 Å². The summed E-state index contributed by atoms with van der Waals surface area (Å²) in [7, 11) is 0. The predicted octanol–water partition coefficient (Wildman–Crippen LogP) is 7.19. The molecule has 1 unspecified atom stereocenters. The van der Waals surface area contributed by atoms with Gasteiger partial charge in [-0.25, -0.2) is 0 Å². The zero-order valence-electron chi connectivity index (χ0n) is 14.4. The molecule has 0 saturated heterocycles. The van der Waals surface area contributed by atoms with E-state index in [0.717, 1.165) is 18.7 Å². The van der Waals surface area contributed by atoms with Crippen molar-refractivity contribution in [3.8, 4) is 0 Å². The lowest BCUT2D eigenvalue weighted by Gasteiger charge is -2.04. The maximum Gasteiger partial charge on any atom is 0.321 e. The van der Waals surface area contributed by atoms with Crippen molar-refractivity contribution >= 4 is 41.6 Å². The maximum absolute atomic E-state index is 10.5. The van der Waals surface area contributed by atoms with Crippen LogP contribution in [0, 0.1) is 0 Å². The first-order valence-corrected chi connectivity index (χ1v) is 10.1. The Labute approximate surface area is 159 Å². The highest BCUT2D eigenvalue weighted by atomic mass is 35.5. The minimum absolute atomic E-state index is 0. The van der Waals surface area contributed by atoms with Crippen LogP contribution in [0.2, 0.25) is 0 Å². The van der Waals surface area contributed by atoms with Crippen LogP contribution in [-0.2, 0) is 4.79 Å². The molecule has 0 amide bonds. The molecule has 0 rings (SSSR count). The average Bonchev–Trinajstić information content (AvgIpc) is 2.50. The number of unbranched alkanes of at least 4 members (excludes halogenated alkanes) is 13. The van der Waals surface area contributed by atoms with E-state index in [1.807, 2.05) is 0 Å². The molecule has 0 heterocycles. The molecule has 0 aromatic heterocycles. The van der Waals surface area contributed by atoms with Gasteiger partial charge in [-0.05, 0) is 12.8 Å². The number of halogens is 3. The lowest BCUT2D eigenvalue weighted by atomic mass is 10.0. The summed E-state index contributed by atoms with van der Waals surface area (Å²) in [5.74, 6) is -0.0767. The first-order chi connectivity index (χ1) is 10.7. The van der Waals surface area contributed by atoms with Crippen molar-refractivity contribution in [2.24, 2.45) is 0 Å². The van der Waals surface area contributed by atoms with Crippen molar-refractivity contribution in [1.82, 2.24) is 0 Å². The zero-order valence-corrected chi connectivity index (χ0v) is 16.7. The largest absolute Gasteiger partial charge is 0.480 e. The van der Waals surface area contributed by atoms with Gasteiger partial charge in [0.15, 0.2) is 0 Å². The van der Waals surface area contributed by atoms with Gasteiger partial charge in [-0.2, -0.15) is 0 Å². The zero-order chi connectivity index (χ0) is 16.5. The minimum atomic E-state index is -0.888. The molecule has 2 nitrogen and oxygen atoms in total. The van der Waals surface area contributed by atoms with Crippen LogP contribution in [-0.4, -0.2) is 22.3 Å². The third-order valence-electron chi connectivity index (χ3n) is 4.11. The van der Waals surface area contributed by atoms with Crippen molar-refractivity contribution in [1.29, 1.82) is 0 Å². The lowest BCUT2D eigenvalue weighted by Crippen LogP contribution is -2.12. The van der Waals surface area contributed by atoms with E-state index in [2.05, 4.69) is 0 Å². The number of aliphatic carboxylic acids is 1. The molecule has 0 saturated carbocycles. The van der Waals surface area contributed by atoms with Gasteiger partial charge < -0.3 is 5.11 Å². The third-order valence-corrected chi connectivity index (χ3v) is 4.78. The van der Waals surface area contributed by atoms with Crippen LogP contribution in [0.4, 0.5) is 0 Å². The summed E-state index contributed by atoms with van der Waals surface area (Å²) < 4.78 is 0. The van der Waals surface area contributed by atoms with E-state index in [1.54, 1.807) is 0 Å². The fourth-order valence-electron chi connectivity index (χ4n) is 2.66. The topological polar surface area (TPSA) is 37.3 Å². The number of carbonyl (C=O) groups is 1. The van der Waals surface area contributed by atoms with Gasteiger partial charge >= 0.3 is 5.97 Å². The van der Waals surface area contributed by atoms with Gasteiger partial charge in [0.1, 0.15) is 5.38 Å². The molecule has 0 radical (unpaired) electrons. The lowest BCUT2D eigenvalue weighted by molar-refractivity contribution is -0.136. The molecule has 0 aromatic carbocycles. The van der Waals surface area contributed by atoms with Crippen LogP contribution >= 0.6 is 35.6 Å².